The topological polar surface area (TPSA) is 83.4 Å². The molecule has 2 N–H and O–H groups in total. The van der Waals surface area contributed by atoms with Gasteiger partial charge in [-0.1, -0.05) is 20.4 Å². The van der Waals surface area contributed by atoms with E-state index in [0.29, 0.717) is 5.69 Å². The second kappa shape index (κ2) is 4.61. The first-order chi connectivity index (χ1) is 9.65. The number of carbonyl (C=O) groups is 1. The maximum absolute atomic E-state index is 10.7. The summed E-state index contributed by atoms with van der Waals surface area (Å²) in [5.41, 5.74) is 2.05. The third kappa shape index (κ3) is 2.05. The molecule has 0 spiro atoms. The number of fused-ring (bicyclic) bond motifs is 1. The molecule has 0 aliphatic carbocycles. The summed E-state index contributed by atoms with van der Waals surface area (Å²) in [7, 11) is 0. The molecule has 0 aliphatic heterocycles. The summed E-state index contributed by atoms with van der Waals surface area (Å²) in [6.45, 7) is 1.86. The van der Waals surface area contributed by atoms with Gasteiger partial charge >= 0.3 is 11.7 Å². The minimum absolute atomic E-state index is 0.491. The normalized spacial score (nSPS) is 10.7. The summed E-state index contributed by atoms with van der Waals surface area (Å²) >= 11 is 0. The molecule has 0 saturated heterocycles. The number of rotatable bonds is 2. The monoisotopic (exact) mass is 270 g/mol. The fourth-order valence-electron chi connectivity index (χ4n) is 2.04. The number of aryl methyl sites for hydroxylation is 1. The predicted molar refractivity (Wildman–Crippen MR) is 70.9 cm³/mol. The van der Waals surface area contributed by atoms with Crippen LogP contribution in [-0.2, 0) is 0 Å². The van der Waals surface area contributed by atoms with Gasteiger partial charge in [-0.3, -0.25) is 5.32 Å². The summed E-state index contributed by atoms with van der Waals surface area (Å²) in [5, 5.41) is 19.7. The van der Waals surface area contributed by atoms with Gasteiger partial charge in [0.2, 0.25) is 0 Å². The predicted octanol–water partition coefficient (Wildman–Crippen LogP) is 1.40. The van der Waals surface area contributed by atoms with E-state index in [1.165, 1.54) is 0 Å². The van der Waals surface area contributed by atoms with Crippen molar-refractivity contribution in [2.24, 2.45) is 0 Å². The molecule has 2 heterocycles. The Morgan fingerprint density at radius 3 is 3.00 bits per heavy atom. The van der Waals surface area contributed by atoms with Gasteiger partial charge < -0.3 is 5.11 Å². The lowest BCUT2D eigenvalue weighted by Crippen LogP contribution is -2.33. The van der Waals surface area contributed by atoms with Crippen LogP contribution in [0.2, 0.25) is 0 Å². The van der Waals surface area contributed by atoms with Gasteiger partial charge in [-0.05, 0) is 23.3 Å². The lowest BCUT2D eigenvalue weighted by molar-refractivity contribution is -0.631. The molecule has 20 heavy (non-hydrogen) atoms. The first-order valence-corrected chi connectivity index (χ1v) is 5.98. The van der Waals surface area contributed by atoms with E-state index in [2.05, 4.69) is 15.5 Å². The van der Waals surface area contributed by atoms with Crippen molar-refractivity contribution in [3.63, 3.8) is 0 Å². The van der Waals surface area contributed by atoms with E-state index in [-0.39, 0.29) is 0 Å². The van der Waals surface area contributed by atoms with Crippen molar-refractivity contribution in [3.8, 4) is 5.69 Å². The van der Waals surface area contributed by atoms with Crippen molar-refractivity contribution >= 4 is 17.4 Å². The Morgan fingerprint density at radius 2 is 2.20 bits per heavy atom. The Hall–Kier alpha value is -2.96. The van der Waals surface area contributed by atoms with Gasteiger partial charge in [0.15, 0.2) is 5.69 Å². The van der Waals surface area contributed by atoms with E-state index in [1.807, 2.05) is 25.1 Å². The lowest BCUT2D eigenvalue weighted by Gasteiger charge is -2.01. The zero-order valence-electron chi connectivity index (χ0n) is 10.7. The highest BCUT2D eigenvalue weighted by Crippen LogP contribution is 2.11. The van der Waals surface area contributed by atoms with Crippen molar-refractivity contribution < 1.29 is 14.6 Å². The van der Waals surface area contributed by atoms with Crippen molar-refractivity contribution in [3.05, 3.63) is 48.4 Å². The third-order valence-corrected chi connectivity index (χ3v) is 2.84. The molecule has 0 aliphatic rings. The Labute approximate surface area is 114 Å². The maximum atomic E-state index is 10.7. The van der Waals surface area contributed by atoms with Crippen molar-refractivity contribution in [1.82, 2.24) is 14.7 Å². The molecule has 1 amide bonds. The summed E-state index contributed by atoms with van der Waals surface area (Å²) < 4.78 is 3.44. The molecule has 7 heteroatoms. The van der Waals surface area contributed by atoms with Gasteiger partial charge in [-0.25, -0.2) is 4.79 Å². The maximum Gasteiger partial charge on any atom is 0.409 e. The number of aromatic nitrogens is 4. The number of nitrogens with zero attached hydrogens (tertiary/aromatic N) is 4. The van der Waals surface area contributed by atoms with E-state index in [4.69, 9.17) is 5.11 Å². The molecule has 7 nitrogen and oxygen atoms in total. The van der Waals surface area contributed by atoms with Gasteiger partial charge in [-0.2, -0.15) is 0 Å². The van der Waals surface area contributed by atoms with Gasteiger partial charge in [0.1, 0.15) is 0 Å². The van der Waals surface area contributed by atoms with Gasteiger partial charge in [0.25, 0.3) is 5.82 Å². The van der Waals surface area contributed by atoms with Gasteiger partial charge in [0.05, 0.1) is 6.20 Å². The summed E-state index contributed by atoms with van der Waals surface area (Å²) in [6, 6.07) is 10.7. The largest absolute Gasteiger partial charge is 0.465 e. The molecule has 2 aromatic heterocycles. The summed E-state index contributed by atoms with van der Waals surface area (Å²) in [4.78, 5) is 10.7. The number of carboxylic acid groups (broad SMARTS) is 1. The van der Waals surface area contributed by atoms with Crippen LogP contribution >= 0.6 is 0 Å². The molecule has 100 valence electrons. The highest BCUT2D eigenvalue weighted by molar-refractivity contribution is 5.83. The average molecular weight is 270 g/mol. The minimum Gasteiger partial charge on any atom is -0.465 e. The molecule has 0 radical (unpaired) electrons. The fraction of sp³-hybridized carbons (Fsp3) is 0.0769. The van der Waals surface area contributed by atoms with Gasteiger partial charge in [0, 0.05) is 24.7 Å². The van der Waals surface area contributed by atoms with Crippen LogP contribution in [0.25, 0.3) is 11.3 Å². The van der Waals surface area contributed by atoms with Crippen LogP contribution in [0.3, 0.4) is 0 Å². The summed E-state index contributed by atoms with van der Waals surface area (Å²) in [5.74, 6) is 0.747. The smallest absolute Gasteiger partial charge is 0.409 e. The second-order valence-corrected chi connectivity index (χ2v) is 4.23. The van der Waals surface area contributed by atoms with Crippen molar-refractivity contribution in [2.45, 2.75) is 6.92 Å². The minimum atomic E-state index is -1.10. The zero-order chi connectivity index (χ0) is 14.1. The molecular formula is C13H12N5O2+. The first kappa shape index (κ1) is 12.1. The number of amides is 1. The van der Waals surface area contributed by atoms with Crippen LogP contribution in [0, 0.1) is 6.92 Å². The van der Waals surface area contributed by atoms with E-state index in [9.17, 15) is 4.79 Å². The van der Waals surface area contributed by atoms with E-state index in [0.717, 1.165) is 17.2 Å². The van der Waals surface area contributed by atoms with E-state index in [1.54, 1.807) is 33.6 Å². The SMILES string of the molecule is Cc1n[n+](-c2cccc(NC(=O)O)c2)c2cccnn12. The molecule has 1 aromatic carbocycles. The third-order valence-electron chi connectivity index (χ3n) is 2.84. The first-order valence-electron chi connectivity index (χ1n) is 5.98. The van der Waals surface area contributed by atoms with E-state index >= 15 is 0 Å². The van der Waals surface area contributed by atoms with E-state index < -0.39 is 6.09 Å². The van der Waals surface area contributed by atoms with Crippen LogP contribution in [-0.4, -0.2) is 25.9 Å². The fourth-order valence-corrected chi connectivity index (χ4v) is 2.04. The summed E-state index contributed by atoms with van der Waals surface area (Å²) in [6.07, 6.45) is 0.591. The number of hydrogen-bond donors (Lipinski definition) is 2. The molecule has 0 unspecified atom stereocenters. The highest BCUT2D eigenvalue weighted by Gasteiger charge is 2.18. The molecule has 0 bridgehead atoms. The Bertz CT molecular complexity index is 796. The van der Waals surface area contributed by atoms with Crippen LogP contribution in [0.15, 0.2) is 42.6 Å². The van der Waals surface area contributed by atoms with Crippen molar-refractivity contribution in [2.75, 3.05) is 5.32 Å². The van der Waals surface area contributed by atoms with Crippen LogP contribution in [0.5, 0.6) is 0 Å². The van der Waals surface area contributed by atoms with Crippen LogP contribution in [0.4, 0.5) is 10.5 Å². The van der Waals surface area contributed by atoms with Crippen LogP contribution in [0.1, 0.15) is 5.82 Å². The average Bonchev–Trinajstić information content (AvgIpc) is 2.76. The Morgan fingerprint density at radius 1 is 1.35 bits per heavy atom. The molecule has 3 aromatic rings. The second-order valence-electron chi connectivity index (χ2n) is 4.23. The van der Waals surface area contributed by atoms with Crippen LogP contribution < -0.4 is 10.00 Å². The number of hydrogen-bond acceptors (Lipinski definition) is 3. The lowest BCUT2D eigenvalue weighted by atomic mass is 10.3. The number of benzene rings is 1. The highest BCUT2D eigenvalue weighted by atomic mass is 16.4. The molecule has 0 fully saturated rings. The van der Waals surface area contributed by atoms with Crippen molar-refractivity contribution in [1.29, 1.82) is 0 Å². The Balaban J connectivity index is 2.13. The molecule has 3 rings (SSSR count). The molecule has 0 saturated carbocycles. The zero-order valence-corrected chi connectivity index (χ0v) is 10.7. The standard InChI is InChI=1S/C13H11N5O2/c1-9-16-18(12-6-3-7-14-17(9)12)11-5-2-4-10(8-11)15-13(19)20/h2-8,15H,1H3/p+1. The molecular weight excluding hydrogens is 258 g/mol. The quantitative estimate of drug-likeness (QED) is 0.689. The number of anilines is 1. The number of nitrogens with one attached hydrogen (secondary N) is 1. The Kier molecular flexibility index (Phi) is 2.79. The van der Waals surface area contributed by atoms with Gasteiger partial charge in [-0.15, -0.1) is 0 Å². The molecule has 0 atom stereocenters.